The topological polar surface area (TPSA) is 61.8 Å². The Morgan fingerprint density at radius 1 is 1.67 bits per heavy atom. The first kappa shape index (κ1) is 6.78. The summed E-state index contributed by atoms with van der Waals surface area (Å²) in [4.78, 5) is 10.6. The number of carboxylic acids is 1. The van der Waals surface area contributed by atoms with E-state index in [1.165, 1.54) is 18.7 Å². The fourth-order valence-corrected chi connectivity index (χ4v) is 1.02. The highest BCUT2D eigenvalue weighted by Gasteiger charge is 2.25. The summed E-state index contributed by atoms with van der Waals surface area (Å²) in [5.74, 6) is -0.977. The number of aliphatic carboxylic acids is 1. The molecule has 0 fully saturated rings. The van der Waals surface area contributed by atoms with E-state index in [0.29, 0.717) is 5.70 Å². The van der Waals surface area contributed by atoms with Crippen LogP contribution < -0.4 is 5.43 Å². The minimum absolute atomic E-state index is 0.194. The summed E-state index contributed by atoms with van der Waals surface area (Å²) >= 11 is 0. The quantitative estimate of drug-likeness (QED) is 0.579. The van der Waals surface area contributed by atoms with Crippen LogP contribution in [0, 0.1) is 0 Å². The summed E-state index contributed by atoms with van der Waals surface area (Å²) < 4.78 is 4.84. The van der Waals surface area contributed by atoms with E-state index in [4.69, 9.17) is 9.84 Å². The van der Waals surface area contributed by atoms with Gasteiger partial charge in [-0.25, -0.2) is 4.79 Å². The summed E-state index contributed by atoms with van der Waals surface area (Å²) in [5.41, 5.74) is 3.44. The maximum Gasteiger partial charge on any atom is 0.339 e. The first-order valence-corrected chi connectivity index (χ1v) is 3.30. The van der Waals surface area contributed by atoms with Crippen LogP contribution in [0.2, 0.25) is 0 Å². The van der Waals surface area contributed by atoms with Crippen LogP contribution >= 0.6 is 0 Å². The molecule has 62 valence electrons. The number of nitrogens with one attached hydrogen (secondary N) is 1. The second kappa shape index (κ2) is 2.30. The molecule has 0 aromatic carbocycles. The zero-order valence-corrected chi connectivity index (χ0v) is 6.02. The molecular weight excluding hydrogens is 160 g/mol. The Kier molecular flexibility index (Phi) is 1.30. The summed E-state index contributed by atoms with van der Waals surface area (Å²) in [5, 5.41) is 10.3. The normalized spacial score (nSPS) is 18.8. The molecule has 0 aliphatic carbocycles. The zero-order valence-electron chi connectivity index (χ0n) is 6.02. The molecule has 2 aliphatic rings. The van der Waals surface area contributed by atoms with Gasteiger partial charge in [-0.15, -0.1) is 0 Å². The van der Waals surface area contributed by atoms with Gasteiger partial charge in [0.1, 0.15) is 23.8 Å². The van der Waals surface area contributed by atoms with E-state index in [1.807, 2.05) is 0 Å². The lowest BCUT2D eigenvalue weighted by Gasteiger charge is -2.18. The predicted octanol–water partition coefficient (Wildman–Crippen LogP) is 0.118. The number of nitrogens with zero attached hydrogens (tertiary/aromatic N) is 1. The molecule has 2 heterocycles. The van der Waals surface area contributed by atoms with E-state index in [1.54, 1.807) is 11.2 Å². The number of hydrazine groups is 1. The SMILES string of the molecule is O=C(O)C1=CNN2C=COC=C12. The molecule has 0 atom stereocenters. The molecule has 5 nitrogen and oxygen atoms in total. The Morgan fingerprint density at radius 3 is 3.25 bits per heavy atom. The lowest BCUT2D eigenvalue weighted by molar-refractivity contribution is -0.132. The second-order valence-electron chi connectivity index (χ2n) is 2.29. The van der Waals surface area contributed by atoms with Crippen LogP contribution in [-0.4, -0.2) is 16.1 Å². The van der Waals surface area contributed by atoms with Gasteiger partial charge in [0, 0.05) is 6.20 Å². The third-order valence-electron chi connectivity index (χ3n) is 1.58. The van der Waals surface area contributed by atoms with Gasteiger partial charge in [0.2, 0.25) is 0 Å². The molecule has 0 aromatic rings. The Bertz CT molecular complexity index is 317. The Morgan fingerprint density at radius 2 is 2.50 bits per heavy atom. The van der Waals surface area contributed by atoms with Crippen molar-refractivity contribution in [2.75, 3.05) is 0 Å². The number of ether oxygens (including phenoxy) is 1. The fraction of sp³-hybridized carbons (Fsp3) is 0. The van der Waals surface area contributed by atoms with E-state index in [2.05, 4.69) is 5.43 Å². The highest BCUT2D eigenvalue weighted by atomic mass is 16.5. The molecule has 0 saturated carbocycles. The first-order chi connectivity index (χ1) is 5.79. The lowest BCUT2D eigenvalue weighted by atomic mass is 10.2. The smallest absolute Gasteiger partial charge is 0.339 e. The van der Waals surface area contributed by atoms with Crippen LogP contribution in [0.1, 0.15) is 0 Å². The summed E-state index contributed by atoms with van der Waals surface area (Å²) in [6, 6.07) is 0. The van der Waals surface area contributed by atoms with Crippen molar-refractivity contribution >= 4 is 5.97 Å². The highest BCUT2D eigenvalue weighted by Crippen LogP contribution is 2.21. The van der Waals surface area contributed by atoms with Gasteiger partial charge in [0.25, 0.3) is 0 Å². The maximum absolute atomic E-state index is 10.6. The van der Waals surface area contributed by atoms with Gasteiger partial charge in [0.15, 0.2) is 0 Å². The molecule has 2 aliphatic heterocycles. The minimum atomic E-state index is -0.977. The largest absolute Gasteiger partial charge is 0.478 e. The second-order valence-corrected chi connectivity index (χ2v) is 2.29. The number of carbonyl (C=O) groups is 1. The van der Waals surface area contributed by atoms with Crippen molar-refractivity contribution in [2.24, 2.45) is 0 Å². The summed E-state index contributed by atoms with van der Waals surface area (Å²) in [6.07, 6.45) is 5.84. The Labute approximate surface area is 68.2 Å². The van der Waals surface area contributed by atoms with Crippen molar-refractivity contribution in [2.45, 2.75) is 0 Å². The third-order valence-corrected chi connectivity index (χ3v) is 1.58. The molecule has 5 heteroatoms. The monoisotopic (exact) mass is 166 g/mol. The van der Waals surface area contributed by atoms with Crippen molar-refractivity contribution in [3.63, 3.8) is 0 Å². The van der Waals surface area contributed by atoms with Crippen LogP contribution in [0.5, 0.6) is 0 Å². The Hall–Kier alpha value is -1.91. The van der Waals surface area contributed by atoms with Crippen molar-refractivity contribution in [1.29, 1.82) is 0 Å². The zero-order chi connectivity index (χ0) is 8.55. The van der Waals surface area contributed by atoms with E-state index in [0.717, 1.165) is 0 Å². The van der Waals surface area contributed by atoms with Crippen molar-refractivity contribution in [3.05, 3.63) is 36.2 Å². The number of fused-ring (bicyclic) bond motifs is 1. The van der Waals surface area contributed by atoms with Crippen molar-refractivity contribution < 1.29 is 14.6 Å². The first-order valence-electron chi connectivity index (χ1n) is 3.30. The van der Waals surface area contributed by atoms with Gasteiger partial charge in [-0.2, -0.15) is 0 Å². The van der Waals surface area contributed by atoms with Crippen LogP contribution in [0.3, 0.4) is 0 Å². The van der Waals surface area contributed by atoms with Crippen LogP contribution in [0.15, 0.2) is 36.2 Å². The molecule has 0 aromatic heterocycles. The van der Waals surface area contributed by atoms with E-state index in [9.17, 15) is 4.79 Å². The van der Waals surface area contributed by atoms with E-state index < -0.39 is 5.97 Å². The average molecular weight is 166 g/mol. The number of rotatable bonds is 1. The van der Waals surface area contributed by atoms with Gasteiger partial charge < -0.3 is 15.3 Å². The van der Waals surface area contributed by atoms with Gasteiger partial charge in [-0.3, -0.25) is 5.01 Å². The number of hydrogen-bond donors (Lipinski definition) is 2. The predicted molar refractivity (Wildman–Crippen MR) is 39.0 cm³/mol. The molecule has 12 heavy (non-hydrogen) atoms. The molecule has 2 rings (SSSR count). The molecule has 0 bridgehead atoms. The lowest BCUT2D eigenvalue weighted by Crippen LogP contribution is -2.24. The average Bonchev–Trinajstić information content (AvgIpc) is 2.47. The van der Waals surface area contributed by atoms with Gasteiger partial charge in [-0.1, -0.05) is 0 Å². The van der Waals surface area contributed by atoms with Crippen molar-refractivity contribution in [3.8, 4) is 0 Å². The molecule has 0 unspecified atom stereocenters. The molecular formula is C7H6N2O3. The summed E-state index contributed by atoms with van der Waals surface area (Å²) in [7, 11) is 0. The Balaban J connectivity index is 2.31. The molecule has 0 saturated heterocycles. The van der Waals surface area contributed by atoms with Crippen LogP contribution in [0.25, 0.3) is 0 Å². The maximum atomic E-state index is 10.6. The van der Waals surface area contributed by atoms with Crippen LogP contribution in [0.4, 0.5) is 0 Å². The van der Waals surface area contributed by atoms with Gasteiger partial charge in [0.05, 0.1) is 6.20 Å². The highest BCUT2D eigenvalue weighted by molar-refractivity contribution is 5.92. The molecule has 0 amide bonds. The van der Waals surface area contributed by atoms with Crippen molar-refractivity contribution in [1.82, 2.24) is 10.4 Å². The molecule has 0 radical (unpaired) electrons. The number of hydrogen-bond acceptors (Lipinski definition) is 4. The van der Waals surface area contributed by atoms with Crippen LogP contribution in [-0.2, 0) is 9.53 Å². The van der Waals surface area contributed by atoms with E-state index >= 15 is 0 Å². The number of carboxylic acid groups (broad SMARTS) is 1. The van der Waals surface area contributed by atoms with E-state index in [-0.39, 0.29) is 5.57 Å². The third kappa shape index (κ3) is 0.833. The van der Waals surface area contributed by atoms with Gasteiger partial charge in [-0.05, 0) is 0 Å². The molecule has 0 spiro atoms. The standard InChI is InChI=1S/C7H6N2O3/c10-7(11)5-3-8-9-1-2-12-4-6(5)9/h1-4,8H,(H,10,11). The summed E-state index contributed by atoms with van der Waals surface area (Å²) in [6.45, 7) is 0. The minimum Gasteiger partial charge on any atom is -0.478 e. The van der Waals surface area contributed by atoms with Gasteiger partial charge >= 0.3 is 5.97 Å². The fourth-order valence-electron chi connectivity index (χ4n) is 1.02. The molecule has 2 N–H and O–H groups in total.